The van der Waals surface area contributed by atoms with Crippen LogP contribution in [0.1, 0.15) is 29.0 Å². The molecule has 0 radical (unpaired) electrons. The summed E-state index contributed by atoms with van der Waals surface area (Å²) in [6, 6.07) is 9.08. The van der Waals surface area contributed by atoms with Crippen LogP contribution in [0.4, 0.5) is 0 Å². The van der Waals surface area contributed by atoms with Gasteiger partial charge in [-0.1, -0.05) is 6.07 Å². The zero-order valence-electron chi connectivity index (χ0n) is 14.4. The molecule has 1 aliphatic heterocycles. The highest BCUT2D eigenvalue weighted by atomic mass is 32.2. The molecule has 0 saturated carbocycles. The molecule has 2 heterocycles. The number of benzene rings is 1. The van der Waals surface area contributed by atoms with Gasteiger partial charge in [-0.2, -0.15) is 4.31 Å². The van der Waals surface area contributed by atoms with E-state index in [1.807, 2.05) is 0 Å². The van der Waals surface area contributed by atoms with Crippen LogP contribution in [-0.4, -0.2) is 37.6 Å². The quantitative estimate of drug-likeness (QED) is 0.596. The van der Waals surface area contributed by atoms with Crippen molar-refractivity contribution in [1.82, 2.24) is 15.2 Å². The van der Waals surface area contributed by atoms with Gasteiger partial charge in [0.05, 0.1) is 11.2 Å². The third-order valence-corrected chi connectivity index (χ3v) is 5.94. The lowest BCUT2D eigenvalue weighted by molar-refractivity contribution is -0.117. The predicted octanol–water partition coefficient (Wildman–Crippen LogP) is 1.54. The van der Waals surface area contributed by atoms with Gasteiger partial charge in [-0.3, -0.25) is 20.4 Å². The maximum atomic E-state index is 12.6. The average Bonchev–Trinajstić information content (AvgIpc) is 3.38. The molecule has 0 spiro atoms. The molecule has 0 aliphatic carbocycles. The highest BCUT2D eigenvalue weighted by Crippen LogP contribution is 2.21. The van der Waals surface area contributed by atoms with Gasteiger partial charge in [0.1, 0.15) is 5.76 Å². The van der Waals surface area contributed by atoms with Gasteiger partial charge in [0.2, 0.25) is 10.0 Å². The van der Waals surface area contributed by atoms with Crippen LogP contribution in [0.25, 0.3) is 6.08 Å². The highest BCUT2D eigenvalue weighted by molar-refractivity contribution is 7.89. The van der Waals surface area contributed by atoms with Crippen molar-refractivity contribution in [2.24, 2.45) is 0 Å². The molecular formula is C18H19N3O5S. The van der Waals surface area contributed by atoms with Gasteiger partial charge in [-0.05, 0) is 49.2 Å². The molecule has 2 amide bonds. The summed E-state index contributed by atoms with van der Waals surface area (Å²) < 4.78 is 31.6. The van der Waals surface area contributed by atoms with Crippen molar-refractivity contribution in [2.45, 2.75) is 17.7 Å². The van der Waals surface area contributed by atoms with Crippen LogP contribution in [0, 0.1) is 0 Å². The topological polar surface area (TPSA) is 109 Å². The normalized spacial score (nSPS) is 15.1. The Kier molecular flexibility index (Phi) is 5.72. The maximum Gasteiger partial charge on any atom is 0.269 e. The molecular weight excluding hydrogens is 370 g/mol. The Hall–Kier alpha value is -2.91. The first kappa shape index (κ1) is 18.9. The summed E-state index contributed by atoms with van der Waals surface area (Å²) in [6.45, 7) is 0.966. The summed E-state index contributed by atoms with van der Waals surface area (Å²) in [7, 11) is -3.62. The first-order valence-corrected chi connectivity index (χ1v) is 9.83. The lowest BCUT2D eigenvalue weighted by atomic mass is 10.2. The molecule has 1 aromatic carbocycles. The van der Waals surface area contributed by atoms with Crippen LogP contribution < -0.4 is 10.9 Å². The molecule has 0 atom stereocenters. The van der Waals surface area contributed by atoms with Crippen LogP contribution in [0.5, 0.6) is 0 Å². The molecule has 9 heteroatoms. The molecule has 3 rings (SSSR count). The molecule has 0 bridgehead atoms. The van der Waals surface area contributed by atoms with Gasteiger partial charge in [-0.25, -0.2) is 8.42 Å². The summed E-state index contributed by atoms with van der Waals surface area (Å²) >= 11 is 0. The Bertz CT molecular complexity index is 945. The van der Waals surface area contributed by atoms with Gasteiger partial charge >= 0.3 is 0 Å². The van der Waals surface area contributed by atoms with Crippen molar-refractivity contribution in [1.29, 1.82) is 0 Å². The lowest BCUT2D eigenvalue weighted by Crippen LogP contribution is -2.40. The zero-order chi connectivity index (χ0) is 19.3. The van der Waals surface area contributed by atoms with Gasteiger partial charge in [-0.15, -0.1) is 0 Å². The van der Waals surface area contributed by atoms with Crippen molar-refractivity contribution in [3.63, 3.8) is 0 Å². The van der Waals surface area contributed by atoms with E-state index in [0.29, 0.717) is 18.8 Å². The van der Waals surface area contributed by atoms with E-state index in [-0.39, 0.29) is 10.5 Å². The Labute approximate surface area is 156 Å². The predicted molar refractivity (Wildman–Crippen MR) is 97.8 cm³/mol. The minimum absolute atomic E-state index is 0.0566. The number of carbonyl (C=O) groups is 2. The summed E-state index contributed by atoms with van der Waals surface area (Å²) in [5.41, 5.74) is 4.61. The van der Waals surface area contributed by atoms with Crippen molar-refractivity contribution in [3.05, 3.63) is 60.1 Å². The molecule has 1 saturated heterocycles. The van der Waals surface area contributed by atoms with Crippen molar-refractivity contribution < 1.29 is 22.4 Å². The number of hydrogen-bond acceptors (Lipinski definition) is 5. The molecule has 1 aromatic heterocycles. The second-order valence-corrected chi connectivity index (χ2v) is 7.87. The number of hydrazine groups is 1. The second-order valence-electron chi connectivity index (χ2n) is 5.93. The third kappa shape index (κ3) is 4.63. The Morgan fingerprint density at radius 1 is 1.07 bits per heavy atom. The van der Waals surface area contributed by atoms with Crippen LogP contribution >= 0.6 is 0 Å². The van der Waals surface area contributed by atoms with E-state index in [2.05, 4.69) is 10.9 Å². The number of rotatable bonds is 5. The average molecular weight is 389 g/mol. The number of sulfonamides is 1. The van der Waals surface area contributed by atoms with Crippen LogP contribution in [-0.2, 0) is 14.8 Å². The van der Waals surface area contributed by atoms with E-state index in [4.69, 9.17) is 4.42 Å². The minimum Gasteiger partial charge on any atom is -0.465 e. The summed E-state index contributed by atoms with van der Waals surface area (Å²) in [4.78, 5) is 24.0. The van der Waals surface area contributed by atoms with E-state index in [0.717, 1.165) is 12.8 Å². The fraction of sp³-hybridized carbons (Fsp3) is 0.222. The molecule has 8 nitrogen and oxygen atoms in total. The summed E-state index contributed by atoms with van der Waals surface area (Å²) in [5, 5.41) is 0. The first-order chi connectivity index (χ1) is 13.0. The first-order valence-electron chi connectivity index (χ1n) is 8.39. The number of carbonyl (C=O) groups excluding carboxylic acids is 2. The molecule has 2 N–H and O–H groups in total. The van der Waals surface area contributed by atoms with Crippen molar-refractivity contribution >= 4 is 27.9 Å². The maximum absolute atomic E-state index is 12.6. The van der Waals surface area contributed by atoms with Crippen LogP contribution in [0.3, 0.4) is 0 Å². The van der Waals surface area contributed by atoms with E-state index in [9.17, 15) is 18.0 Å². The van der Waals surface area contributed by atoms with E-state index < -0.39 is 21.8 Å². The minimum atomic E-state index is -3.62. The van der Waals surface area contributed by atoms with Crippen LogP contribution in [0.15, 0.2) is 58.1 Å². The monoisotopic (exact) mass is 389 g/mol. The van der Waals surface area contributed by atoms with Gasteiger partial charge in [0, 0.05) is 24.7 Å². The molecule has 142 valence electrons. The molecule has 1 aliphatic rings. The third-order valence-electron chi connectivity index (χ3n) is 4.04. The summed E-state index contributed by atoms with van der Waals surface area (Å²) in [6.07, 6.45) is 5.79. The van der Waals surface area contributed by atoms with Gasteiger partial charge in [0.25, 0.3) is 11.8 Å². The molecule has 27 heavy (non-hydrogen) atoms. The number of hydrogen-bond donors (Lipinski definition) is 2. The van der Waals surface area contributed by atoms with E-state index in [1.54, 1.807) is 12.1 Å². The van der Waals surface area contributed by atoms with Crippen molar-refractivity contribution in [3.8, 4) is 0 Å². The SMILES string of the molecule is O=C(/C=C/c1ccco1)NNC(=O)c1cccc(S(=O)(=O)N2CCCC2)c1. The second kappa shape index (κ2) is 8.19. The van der Waals surface area contributed by atoms with Gasteiger partial charge < -0.3 is 4.42 Å². The Morgan fingerprint density at radius 3 is 2.56 bits per heavy atom. The zero-order valence-corrected chi connectivity index (χ0v) is 15.2. The number of amides is 2. The molecule has 2 aromatic rings. The number of nitrogens with one attached hydrogen (secondary N) is 2. The molecule has 0 unspecified atom stereocenters. The largest absolute Gasteiger partial charge is 0.465 e. The van der Waals surface area contributed by atoms with E-state index in [1.165, 1.54) is 47.0 Å². The Balaban J connectivity index is 1.62. The van der Waals surface area contributed by atoms with E-state index >= 15 is 0 Å². The van der Waals surface area contributed by atoms with Gasteiger partial charge in [0.15, 0.2) is 0 Å². The standard InChI is InChI=1S/C18H19N3O5S/c22-17(9-8-15-6-4-12-26-15)19-20-18(23)14-5-3-7-16(13-14)27(24,25)21-10-1-2-11-21/h3-9,12-13H,1-2,10-11H2,(H,19,22)(H,20,23)/b9-8+. The fourth-order valence-corrected chi connectivity index (χ4v) is 4.21. The smallest absolute Gasteiger partial charge is 0.269 e. The van der Waals surface area contributed by atoms with Crippen LogP contribution in [0.2, 0.25) is 0 Å². The number of nitrogens with zero attached hydrogens (tertiary/aromatic N) is 1. The highest BCUT2D eigenvalue weighted by Gasteiger charge is 2.27. The Morgan fingerprint density at radius 2 is 1.85 bits per heavy atom. The molecule has 1 fully saturated rings. The summed E-state index contributed by atoms with van der Waals surface area (Å²) in [5.74, 6) is -0.676. The number of furan rings is 1. The van der Waals surface area contributed by atoms with Crippen molar-refractivity contribution in [2.75, 3.05) is 13.1 Å². The lowest BCUT2D eigenvalue weighted by Gasteiger charge is -2.16. The fourth-order valence-electron chi connectivity index (χ4n) is 2.65.